The smallest absolute Gasteiger partial charge is 0.267 e. The van der Waals surface area contributed by atoms with Gasteiger partial charge in [0.05, 0.1) is 11.4 Å². The van der Waals surface area contributed by atoms with Crippen LogP contribution in [0.2, 0.25) is 0 Å². The number of carbonyl (C=O) groups excluding carboxylic acids is 1. The van der Waals surface area contributed by atoms with Gasteiger partial charge < -0.3 is 26.8 Å². The van der Waals surface area contributed by atoms with E-state index in [1.165, 1.54) is 0 Å². The van der Waals surface area contributed by atoms with Gasteiger partial charge in [-0.3, -0.25) is 4.79 Å². The zero-order chi connectivity index (χ0) is 23.5. The summed E-state index contributed by atoms with van der Waals surface area (Å²) in [6.45, 7) is 0. The van der Waals surface area contributed by atoms with Gasteiger partial charge in [-0.15, -0.1) is 0 Å². The minimum absolute atomic E-state index is 0.212. The summed E-state index contributed by atoms with van der Waals surface area (Å²) in [5.41, 5.74) is 8.95. The summed E-state index contributed by atoms with van der Waals surface area (Å²) >= 11 is 0. The molecule has 0 saturated carbocycles. The summed E-state index contributed by atoms with van der Waals surface area (Å²) in [4.78, 5) is 13.4. The van der Waals surface area contributed by atoms with Crippen molar-refractivity contribution >= 4 is 50.2 Å². The molecule has 1 amide bonds. The van der Waals surface area contributed by atoms with Gasteiger partial charge in [0.25, 0.3) is 5.91 Å². The summed E-state index contributed by atoms with van der Waals surface area (Å²) in [6, 6.07) is 31.9. The lowest BCUT2D eigenvalue weighted by atomic mass is 10.1. The van der Waals surface area contributed by atoms with Gasteiger partial charge in [0, 0.05) is 22.1 Å². The molecule has 6 N–H and O–H groups in total. The number of carbonyl (C=O) groups is 1. The van der Waals surface area contributed by atoms with E-state index >= 15 is 0 Å². The number of nitrogens with one attached hydrogen (secondary N) is 3. The van der Waals surface area contributed by atoms with E-state index in [0.29, 0.717) is 17.1 Å². The lowest BCUT2D eigenvalue weighted by Gasteiger charge is -2.24. The molecule has 0 saturated heterocycles. The van der Waals surface area contributed by atoms with E-state index in [-0.39, 0.29) is 11.7 Å². The van der Waals surface area contributed by atoms with Crippen molar-refractivity contribution < 1.29 is 9.90 Å². The first-order chi connectivity index (χ1) is 16.6. The zero-order valence-electron chi connectivity index (χ0n) is 18.3. The highest BCUT2D eigenvalue weighted by Gasteiger charge is 2.21. The summed E-state index contributed by atoms with van der Waals surface area (Å²) < 4.78 is 0. The standard InChI is InChI=1S/C28H24N4O2/c29-24-16-13-18-7-4-5-11-23(18)26(24)32-27(28(34)31-20-9-2-1-3-10-20)30-21-14-15-22-19(17-21)8-6-12-25(22)33/h1-17,27,30,32-33H,29H2,(H,31,34). The van der Waals surface area contributed by atoms with Crippen LogP contribution in [0.15, 0.2) is 103 Å². The number of aromatic hydroxyl groups is 1. The first kappa shape index (κ1) is 21.2. The third kappa shape index (κ3) is 4.29. The first-order valence-corrected chi connectivity index (χ1v) is 11.0. The van der Waals surface area contributed by atoms with E-state index in [0.717, 1.165) is 27.2 Å². The van der Waals surface area contributed by atoms with Crippen LogP contribution in [0.5, 0.6) is 5.75 Å². The first-order valence-electron chi connectivity index (χ1n) is 11.0. The molecular weight excluding hydrogens is 424 g/mol. The van der Waals surface area contributed by atoms with Crippen LogP contribution in [0.3, 0.4) is 0 Å². The van der Waals surface area contributed by atoms with Gasteiger partial charge in [-0.05, 0) is 53.2 Å². The normalized spacial score (nSPS) is 11.8. The number of amides is 1. The number of phenols is 1. The maximum Gasteiger partial charge on any atom is 0.267 e. The minimum atomic E-state index is -0.830. The van der Waals surface area contributed by atoms with E-state index in [2.05, 4.69) is 16.0 Å². The highest BCUT2D eigenvalue weighted by molar-refractivity contribution is 6.04. The van der Waals surface area contributed by atoms with Gasteiger partial charge in [-0.25, -0.2) is 0 Å². The van der Waals surface area contributed by atoms with E-state index in [9.17, 15) is 9.90 Å². The Hall–Kier alpha value is -4.71. The van der Waals surface area contributed by atoms with Crippen LogP contribution in [0.1, 0.15) is 0 Å². The van der Waals surface area contributed by atoms with Crippen LogP contribution in [0.25, 0.3) is 21.5 Å². The Labute approximate surface area is 197 Å². The van der Waals surface area contributed by atoms with Crippen molar-refractivity contribution in [3.05, 3.63) is 103 Å². The molecule has 168 valence electrons. The average Bonchev–Trinajstić information content (AvgIpc) is 2.86. The second-order valence-corrected chi connectivity index (χ2v) is 8.04. The Morgan fingerprint density at radius 3 is 2.32 bits per heavy atom. The third-order valence-corrected chi connectivity index (χ3v) is 5.72. The molecule has 1 atom stereocenters. The molecule has 0 heterocycles. The van der Waals surface area contributed by atoms with E-state index in [1.54, 1.807) is 12.1 Å². The topological polar surface area (TPSA) is 99.4 Å². The number of anilines is 4. The number of phenolic OH excluding ortho intramolecular Hbond substituents is 1. The molecule has 6 nitrogen and oxygen atoms in total. The van der Waals surface area contributed by atoms with E-state index in [4.69, 9.17) is 5.73 Å². The Morgan fingerprint density at radius 1 is 0.706 bits per heavy atom. The number of hydrogen-bond acceptors (Lipinski definition) is 5. The van der Waals surface area contributed by atoms with Crippen molar-refractivity contribution in [1.29, 1.82) is 0 Å². The Kier molecular flexibility index (Phi) is 5.62. The van der Waals surface area contributed by atoms with Gasteiger partial charge in [0.15, 0.2) is 6.17 Å². The SMILES string of the molecule is Nc1ccc2ccccc2c1NC(Nc1ccc2c(O)cccc2c1)C(=O)Nc1ccccc1. The largest absolute Gasteiger partial charge is 0.507 e. The van der Waals surface area contributed by atoms with Gasteiger partial charge in [-0.2, -0.15) is 0 Å². The fourth-order valence-corrected chi connectivity index (χ4v) is 4.02. The second kappa shape index (κ2) is 9.03. The Balaban J connectivity index is 1.51. The molecule has 0 aliphatic heterocycles. The molecule has 1 unspecified atom stereocenters. The molecule has 0 spiro atoms. The van der Waals surface area contributed by atoms with Crippen LogP contribution in [0.4, 0.5) is 22.7 Å². The molecule has 5 rings (SSSR count). The highest BCUT2D eigenvalue weighted by atomic mass is 16.3. The molecule has 0 aliphatic rings. The van der Waals surface area contributed by atoms with Crippen LogP contribution in [-0.2, 0) is 4.79 Å². The summed E-state index contributed by atoms with van der Waals surface area (Å²) in [5, 5.41) is 23.2. The molecule has 0 radical (unpaired) electrons. The molecular formula is C28H24N4O2. The quantitative estimate of drug-likeness (QED) is 0.168. The van der Waals surface area contributed by atoms with Crippen molar-refractivity contribution in [3.8, 4) is 5.75 Å². The number of benzene rings is 5. The van der Waals surface area contributed by atoms with Crippen LogP contribution >= 0.6 is 0 Å². The van der Waals surface area contributed by atoms with Crippen molar-refractivity contribution in [2.45, 2.75) is 6.17 Å². The predicted octanol–water partition coefficient (Wildman–Crippen LogP) is 5.77. The molecule has 0 aliphatic carbocycles. The monoisotopic (exact) mass is 448 g/mol. The van der Waals surface area contributed by atoms with Gasteiger partial charge in [-0.1, -0.05) is 60.7 Å². The highest BCUT2D eigenvalue weighted by Crippen LogP contribution is 2.31. The molecule has 34 heavy (non-hydrogen) atoms. The summed E-state index contributed by atoms with van der Waals surface area (Å²) in [5.74, 6) is -0.0568. The fraction of sp³-hybridized carbons (Fsp3) is 0.0357. The molecule has 0 bridgehead atoms. The van der Waals surface area contributed by atoms with Gasteiger partial charge in [0.1, 0.15) is 5.75 Å². The van der Waals surface area contributed by atoms with Crippen LogP contribution < -0.4 is 21.7 Å². The maximum absolute atomic E-state index is 13.4. The average molecular weight is 449 g/mol. The lowest BCUT2D eigenvalue weighted by molar-refractivity contribution is -0.116. The fourth-order valence-electron chi connectivity index (χ4n) is 4.02. The molecule has 0 aromatic heterocycles. The molecule has 5 aromatic rings. The van der Waals surface area contributed by atoms with Crippen molar-refractivity contribution in [2.24, 2.45) is 0 Å². The van der Waals surface area contributed by atoms with Crippen molar-refractivity contribution in [3.63, 3.8) is 0 Å². The Morgan fingerprint density at radius 2 is 1.47 bits per heavy atom. The molecule has 5 aromatic carbocycles. The van der Waals surface area contributed by atoms with Crippen LogP contribution in [-0.4, -0.2) is 17.2 Å². The number of rotatable bonds is 6. The third-order valence-electron chi connectivity index (χ3n) is 5.72. The van der Waals surface area contributed by atoms with E-state index < -0.39 is 6.17 Å². The van der Waals surface area contributed by atoms with E-state index in [1.807, 2.05) is 91.0 Å². The lowest BCUT2D eigenvalue weighted by Crippen LogP contribution is -2.41. The number of fused-ring (bicyclic) bond motifs is 2. The van der Waals surface area contributed by atoms with Crippen molar-refractivity contribution in [1.82, 2.24) is 0 Å². The second-order valence-electron chi connectivity index (χ2n) is 8.04. The molecule has 0 fully saturated rings. The number of para-hydroxylation sites is 1. The predicted molar refractivity (Wildman–Crippen MR) is 140 cm³/mol. The maximum atomic E-state index is 13.4. The van der Waals surface area contributed by atoms with Gasteiger partial charge in [0.2, 0.25) is 0 Å². The number of nitrogen functional groups attached to an aromatic ring is 1. The number of hydrogen-bond donors (Lipinski definition) is 5. The zero-order valence-corrected chi connectivity index (χ0v) is 18.3. The van der Waals surface area contributed by atoms with Crippen molar-refractivity contribution in [2.75, 3.05) is 21.7 Å². The summed E-state index contributed by atoms with van der Waals surface area (Å²) in [6.07, 6.45) is -0.830. The summed E-state index contributed by atoms with van der Waals surface area (Å²) in [7, 11) is 0. The van der Waals surface area contributed by atoms with Gasteiger partial charge >= 0.3 is 0 Å². The molecule has 6 heteroatoms. The minimum Gasteiger partial charge on any atom is -0.507 e. The van der Waals surface area contributed by atoms with Crippen LogP contribution in [0, 0.1) is 0 Å². The Bertz CT molecular complexity index is 1480. The number of nitrogens with two attached hydrogens (primary N) is 1.